The van der Waals surface area contributed by atoms with Crippen LogP contribution in [0.5, 0.6) is 0 Å². The molecule has 1 aromatic heterocycles. The molecule has 0 unspecified atom stereocenters. The number of amides is 1. The third kappa shape index (κ3) is 5.60. The second kappa shape index (κ2) is 9.78. The first-order valence-corrected chi connectivity index (χ1v) is 9.69. The molecule has 1 amide bonds. The van der Waals surface area contributed by atoms with Gasteiger partial charge in [0.2, 0.25) is 17.6 Å². The summed E-state index contributed by atoms with van der Waals surface area (Å²) >= 11 is 0. The maximum Gasteiger partial charge on any atom is 0.246 e. The van der Waals surface area contributed by atoms with E-state index in [1.54, 1.807) is 23.1 Å². The minimum Gasteiger partial charge on any atom is -0.339 e. The van der Waals surface area contributed by atoms with Crippen molar-refractivity contribution in [2.24, 2.45) is 0 Å². The summed E-state index contributed by atoms with van der Waals surface area (Å²) in [6.07, 6.45) is 4.70. The van der Waals surface area contributed by atoms with E-state index in [9.17, 15) is 9.18 Å². The first kappa shape index (κ1) is 20.5. The first-order chi connectivity index (χ1) is 14.1. The second-order valence-corrected chi connectivity index (χ2v) is 6.80. The Bertz CT molecular complexity index is 952. The molecular formula is C23H24FN3O2. The van der Waals surface area contributed by atoms with Gasteiger partial charge in [0.05, 0.1) is 0 Å². The number of hydrogen-bond donors (Lipinski definition) is 0. The largest absolute Gasteiger partial charge is 0.339 e. The minimum atomic E-state index is -0.316. The topological polar surface area (TPSA) is 59.2 Å². The maximum atomic E-state index is 13.1. The summed E-state index contributed by atoms with van der Waals surface area (Å²) in [5, 5.41) is 3.95. The number of nitrogens with zero attached hydrogens (tertiary/aromatic N) is 3. The average molecular weight is 393 g/mol. The van der Waals surface area contributed by atoms with E-state index < -0.39 is 0 Å². The van der Waals surface area contributed by atoms with Crippen LogP contribution in [-0.2, 0) is 11.2 Å². The Balaban J connectivity index is 1.65. The zero-order valence-electron chi connectivity index (χ0n) is 16.6. The van der Waals surface area contributed by atoms with Crippen molar-refractivity contribution in [1.82, 2.24) is 15.0 Å². The van der Waals surface area contributed by atoms with Crippen molar-refractivity contribution in [3.63, 3.8) is 0 Å². The van der Waals surface area contributed by atoms with Crippen molar-refractivity contribution < 1.29 is 13.7 Å². The van der Waals surface area contributed by atoms with Crippen LogP contribution in [0.2, 0.25) is 0 Å². The molecule has 0 N–H and O–H groups in total. The summed E-state index contributed by atoms with van der Waals surface area (Å²) in [5.74, 6) is 0.480. The smallest absolute Gasteiger partial charge is 0.246 e. The molecule has 0 spiro atoms. The van der Waals surface area contributed by atoms with Crippen LogP contribution in [0.4, 0.5) is 4.39 Å². The van der Waals surface area contributed by atoms with E-state index in [1.807, 2.05) is 50.3 Å². The molecule has 1 atom stereocenters. The average Bonchev–Trinajstić information content (AvgIpc) is 3.22. The molecule has 0 aliphatic heterocycles. The zero-order valence-corrected chi connectivity index (χ0v) is 16.6. The Morgan fingerprint density at radius 2 is 1.90 bits per heavy atom. The van der Waals surface area contributed by atoms with Gasteiger partial charge in [-0.05, 0) is 49.2 Å². The highest BCUT2D eigenvalue weighted by Gasteiger charge is 2.18. The summed E-state index contributed by atoms with van der Waals surface area (Å²) in [4.78, 5) is 18.9. The molecule has 1 heterocycles. The SMILES string of the molecule is CC[C@@H](C)N(CCc1nc(-c2ccc(F)cc2)no1)C(=O)/C=C/c1ccccc1. The number of rotatable bonds is 8. The molecule has 0 bridgehead atoms. The Hall–Kier alpha value is -3.28. The van der Waals surface area contributed by atoms with Crippen molar-refractivity contribution in [3.05, 3.63) is 77.9 Å². The van der Waals surface area contributed by atoms with Gasteiger partial charge in [0.15, 0.2) is 0 Å². The van der Waals surface area contributed by atoms with Gasteiger partial charge >= 0.3 is 0 Å². The fraction of sp³-hybridized carbons (Fsp3) is 0.261. The van der Waals surface area contributed by atoms with Crippen LogP contribution in [0, 0.1) is 5.82 Å². The monoisotopic (exact) mass is 393 g/mol. The van der Waals surface area contributed by atoms with Crippen molar-refractivity contribution in [2.75, 3.05) is 6.54 Å². The molecule has 0 saturated carbocycles. The highest BCUT2D eigenvalue weighted by Crippen LogP contribution is 2.17. The zero-order chi connectivity index (χ0) is 20.6. The lowest BCUT2D eigenvalue weighted by atomic mass is 10.1. The van der Waals surface area contributed by atoms with E-state index in [0.29, 0.717) is 30.2 Å². The third-order valence-corrected chi connectivity index (χ3v) is 4.76. The number of halogens is 1. The van der Waals surface area contributed by atoms with E-state index in [4.69, 9.17) is 4.52 Å². The van der Waals surface area contributed by atoms with Crippen molar-refractivity contribution in [2.45, 2.75) is 32.7 Å². The lowest BCUT2D eigenvalue weighted by Crippen LogP contribution is -2.38. The minimum absolute atomic E-state index is 0.0542. The van der Waals surface area contributed by atoms with E-state index in [0.717, 1.165) is 12.0 Å². The van der Waals surface area contributed by atoms with Gasteiger partial charge in [-0.2, -0.15) is 4.98 Å². The Morgan fingerprint density at radius 3 is 2.59 bits per heavy atom. The molecule has 0 aliphatic carbocycles. The summed E-state index contributed by atoms with van der Waals surface area (Å²) in [7, 11) is 0. The molecule has 5 nitrogen and oxygen atoms in total. The molecule has 0 fully saturated rings. The molecular weight excluding hydrogens is 369 g/mol. The van der Waals surface area contributed by atoms with E-state index in [1.165, 1.54) is 12.1 Å². The quantitative estimate of drug-likeness (QED) is 0.518. The number of benzene rings is 2. The van der Waals surface area contributed by atoms with Crippen molar-refractivity contribution in [3.8, 4) is 11.4 Å². The molecule has 29 heavy (non-hydrogen) atoms. The highest BCUT2D eigenvalue weighted by molar-refractivity contribution is 5.92. The maximum absolute atomic E-state index is 13.1. The van der Waals surface area contributed by atoms with Crippen LogP contribution in [0.1, 0.15) is 31.7 Å². The summed E-state index contributed by atoms with van der Waals surface area (Å²) < 4.78 is 18.4. The molecule has 2 aromatic carbocycles. The van der Waals surface area contributed by atoms with E-state index >= 15 is 0 Å². The summed E-state index contributed by atoms with van der Waals surface area (Å²) in [6, 6.07) is 15.7. The third-order valence-electron chi connectivity index (χ3n) is 4.76. The first-order valence-electron chi connectivity index (χ1n) is 9.69. The van der Waals surface area contributed by atoms with Crippen LogP contribution >= 0.6 is 0 Å². The highest BCUT2D eigenvalue weighted by atomic mass is 19.1. The predicted molar refractivity (Wildman–Crippen MR) is 110 cm³/mol. The van der Waals surface area contributed by atoms with Crippen LogP contribution in [0.15, 0.2) is 65.2 Å². The standard InChI is InChI=1S/C23H24FN3O2/c1-3-17(2)27(22(28)14-9-18-7-5-4-6-8-18)16-15-21-25-23(26-29-21)19-10-12-20(24)13-11-19/h4-14,17H,3,15-16H2,1-2H3/b14-9+/t17-/m1/s1. The van der Waals surface area contributed by atoms with Gasteiger partial charge in [-0.1, -0.05) is 42.4 Å². The fourth-order valence-corrected chi connectivity index (χ4v) is 2.88. The Kier molecular flexibility index (Phi) is 6.89. The van der Waals surface area contributed by atoms with Gasteiger partial charge in [0, 0.05) is 30.6 Å². The van der Waals surface area contributed by atoms with Crippen LogP contribution < -0.4 is 0 Å². The predicted octanol–water partition coefficient (Wildman–Crippen LogP) is 4.76. The molecule has 0 saturated heterocycles. The molecule has 0 aliphatic rings. The van der Waals surface area contributed by atoms with Gasteiger partial charge in [-0.25, -0.2) is 4.39 Å². The van der Waals surface area contributed by atoms with E-state index in [2.05, 4.69) is 10.1 Å². The fourth-order valence-electron chi connectivity index (χ4n) is 2.88. The van der Waals surface area contributed by atoms with Gasteiger partial charge in [0.1, 0.15) is 5.82 Å². The number of hydrogen-bond acceptors (Lipinski definition) is 4. The molecule has 3 rings (SSSR count). The van der Waals surface area contributed by atoms with Gasteiger partial charge in [0.25, 0.3) is 0 Å². The summed E-state index contributed by atoms with van der Waals surface area (Å²) in [5.41, 5.74) is 1.66. The van der Waals surface area contributed by atoms with Gasteiger partial charge in [-0.15, -0.1) is 0 Å². The number of carbonyl (C=O) groups is 1. The lowest BCUT2D eigenvalue weighted by Gasteiger charge is -2.27. The van der Waals surface area contributed by atoms with Crippen LogP contribution in [0.3, 0.4) is 0 Å². The molecule has 0 radical (unpaired) electrons. The number of aromatic nitrogens is 2. The second-order valence-electron chi connectivity index (χ2n) is 6.80. The van der Waals surface area contributed by atoms with Crippen molar-refractivity contribution in [1.29, 1.82) is 0 Å². The van der Waals surface area contributed by atoms with Gasteiger partial charge < -0.3 is 9.42 Å². The Morgan fingerprint density at radius 1 is 1.17 bits per heavy atom. The van der Waals surface area contributed by atoms with Crippen LogP contribution in [0.25, 0.3) is 17.5 Å². The Labute approximate surface area is 169 Å². The van der Waals surface area contributed by atoms with Crippen LogP contribution in [-0.4, -0.2) is 33.5 Å². The van der Waals surface area contributed by atoms with E-state index in [-0.39, 0.29) is 17.8 Å². The normalized spacial score (nSPS) is 12.2. The lowest BCUT2D eigenvalue weighted by molar-refractivity contribution is -0.128. The van der Waals surface area contributed by atoms with Gasteiger partial charge in [-0.3, -0.25) is 4.79 Å². The number of carbonyl (C=O) groups excluding carboxylic acids is 1. The van der Waals surface area contributed by atoms with Crippen molar-refractivity contribution >= 4 is 12.0 Å². The summed E-state index contributed by atoms with van der Waals surface area (Å²) in [6.45, 7) is 4.54. The molecule has 3 aromatic rings. The molecule has 150 valence electrons. The molecule has 6 heteroatoms.